The second kappa shape index (κ2) is 6.44. The summed E-state index contributed by atoms with van der Waals surface area (Å²) >= 11 is 0. The lowest BCUT2D eigenvalue weighted by Crippen LogP contribution is -2.28. The molecule has 0 aliphatic heterocycles. The number of aromatic nitrogens is 1. The van der Waals surface area contributed by atoms with E-state index >= 15 is 0 Å². The maximum Gasteiger partial charge on any atom is 0.253 e. The molecule has 23 heavy (non-hydrogen) atoms. The van der Waals surface area contributed by atoms with Gasteiger partial charge in [0.05, 0.1) is 6.42 Å². The second-order valence-corrected chi connectivity index (χ2v) is 5.29. The standard InChI is InChI=1S/C18H15FN2O2/c19-15-6-3-4-12(8-15)9-17(22)20-11-14-10-13-5-1-2-7-16(13)21-18(14)23/h1-8,10H,9,11H2,(H,20,22)(H,21,23). The molecule has 0 aliphatic carbocycles. The number of fused-ring (bicyclic) bond motifs is 1. The first kappa shape index (κ1) is 15.0. The van der Waals surface area contributed by atoms with Crippen molar-refractivity contribution in [3.05, 3.63) is 81.9 Å². The van der Waals surface area contributed by atoms with Crippen LogP contribution < -0.4 is 10.9 Å². The molecule has 1 aromatic heterocycles. The first-order valence-electron chi connectivity index (χ1n) is 7.24. The highest BCUT2D eigenvalue weighted by atomic mass is 19.1. The van der Waals surface area contributed by atoms with E-state index in [4.69, 9.17) is 0 Å². The summed E-state index contributed by atoms with van der Waals surface area (Å²) in [6, 6.07) is 15.1. The van der Waals surface area contributed by atoms with Gasteiger partial charge in [-0.15, -0.1) is 0 Å². The fraction of sp³-hybridized carbons (Fsp3) is 0.111. The molecule has 2 N–H and O–H groups in total. The Labute approximate surface area is 132 Å². The van der Waals surface area contributed by atoms with Gasteiger partial charge in [-0.05, 0) is 35.2 Å². The van der Waals surface area contributed by atoms with E-state index in [1.807, 2.05) is 24.3 Å². The number of carbonyl (C=O) groups is 1. The van der Waals surface area contributed by atoms with Crippen LogP contribution >= 0.6 is 0 Å². The Kier molecular flexibility index (Phi) is 4.19. The summed E-state index contributed by atoms with van der Waals surface area (Å²) < 4.78 is 13.1. The number of hydrogen-bond donors (Lipinski definition) is 2. The van der Waals surface area contributed by atoms with Crippen LogP contribution in [0.15, 0.2) is 59.4 Å². The average Bonchev–Trinajstić information content (AvgIpc) is 2.53. The number of nitrogens with one attached hydrogen (secondary N) is 2. The van der Waals surface area contributed by atoms with Crippen LogP contribution in [0.2, 0.25) is 0 Å². The lowest BCUT2D eigenvalue weighted by molar-refractivity contribution is -0.120. The quantitative estimate of drug-likeness (QED) is 0.778. The van der Waals surface area contributed by atoms with Crippen LogP contribution in [0.4, 0.5) is 4.39 Å². The van der Waals surface area contributed by atoms with Crippen molar-refractivity contribution in [3.63, 3.8) is 0 Å². The summed E-state index contributed by atoms with van der Waals surface area (Å²) in [5, 5.41) is 3.60. The van der Waals surface area contributed by atoms with E-state index in [0.29, 0.717) is 11.1 Å². The first-order valence-corrected chi connectivity index (χ1v) is 7.24. The van der Waals surface area contributed by atoms with Gasteiger partial charge in [0.1, 0.15) is 5.82 Å². The molecule has 0 fully saturated rings. The number of rotatable bonds is 4. The Morgan fingerprint density at radius 3 is 2.74 bits per heavy atom. The highest BCUT2D eigenvalue weighted by molar-refractivity contribution is 5.80. The molecular weight excluding hydrogens is 295 g/mol. The number of pyridine rings is 1. The molecule has 0 saturated heterocycles. The molecule has 0 saturated carbocycles. The van der Waals surface area contributed by atoms with Gasteiger partial charge in [-0.25, -0.2) is 4.39 Å². The van der Waals surface area contributed by atoms with E-state index in [1.54, 1.807) is 18.2 Å². The molecule has 1 heterocycles. The number of carbonyl (C=O) groups excluding carboxylic acids is 1. The third kappa shape index (κ3) is 3.63. The molecule has 1 amide bonds. The Morgan fingerprint density at radius 2 is 1.91 bits per heavy atom. The molecule has 3 rings (SSSR count). The van der Waals surface area contributed by atoms with E-state index < -0.39 is 0 Å². The Bertz CT molecular complexity index is 918. The summed E-state index contributed by atoms with van der Waals surface area (Å²) in [4.78, 5) is 26.7. The number of aromatic amines is 1. The largest absolute Gasteiger partial charge is 0.352 e. The molecule has 4 nitrogen and oxygen atoms in total. The Hall–Kier alpha value is -2.95. The molecule has 5 heteroatoms. The van der Waals surface area contributed by atoms with E-state index in [1.165, 1.54) is 12.1 Å². The molecule has 3 aromatic rings. The zero-order valence-electron chi connectivity index (χ0n) is 12.3. The zero-order valence-corrected chi connectivity index (χ0v) is 12.3. The Balaban J connectivity index is 1.69. The van der Waals surface area contributed by atoms with Crippen LogP contribution in [0.5, 0.6) is 0 Å². The second-order valence-electron chi connectivity index (χ2n) is 5.29. The average molecular weight is 310 g/mol. The van der Waals surface area contributed by atoms with Crippen LogP contribution in [-0.4, -0.2) is 10.9 Å². The van der Waals surface area contributed by atoms with Crippen LogP contribution in [0.1, 0.15) is 11.1 Å². The fourth-order valence-electron chi connectivity index (χ4n) is 2.41. The van der Waals surface area contributed by atoms with Gasteiger partial charge < -0.3 is 10.3 Å². The summed E-state index contributed by atoms with van der Waals surface area (Å²) in [6.45, 7) is 0.133. The summed E-state index contributed by atoms with van der Waals surface area (Å²) in [5.74, 6) is -0.635. The first-order chi connectivity index (χ1) is 11.1. The topological polar surface area (TPSA) is 62.0 Å². The van der Waals surface area contributed by atoms with Gasteiger partial charge in [0, 0.05) is 17.6 Å². The molecule has 0 spiro atoms. The summed E-state index contributed by atoms with van der Waals surface area (Å²) in [6.07, 6.45) is 0.0727. The van der Waals surface area contributed by atoms with Crippen molar-refractivity contribution < 1.29 is 9.18 Å². The van der Waals surface area contributed by atoms with E-state index in [2.05, 4.69) is 10.3 Å². The smallest absolute Gasteiger partial charge is 0.253 e. The third-order valence-electron chi connectivity index (χ3n) is 3.56. The van der Waals surface area contributed by atoms with Crippen molar-refractivity contribution in [2.24, 2.45) is 0 Å². The minimum atomic E-state index is -0.374. The SMILES string of the molecule is O=C(Cc1cccc(F)c1)NCc1cc2ccccc2[nH]c1=O. The molecule has 0 atom stereocenters. The molecule has 0 bridgehead atoms. The predicted octanol–water partition coefficient (Wildman–Crippen LogP) is 2.53. The van der Waals surface area contributed by atoms with Gasteiger partial charge >= 0.3 is 0 Å². The van der Waals surface area contributed by atoms with Crippen molar-refractivity contribution in [1.82, 2.24) is 10.3 Å². The van der Waals surface area contributed by atoms with Crippen molar-refractivity contribution in [2.75, 3.05) is 0 Å². The number of para-hydroxylation sites is 1. The van der Waals surface area contributed by atoms with Crippen LogP contribution in [0.25, 0.3) is 10.9 Å². The van der Waals surface area contributed by atoms with Gasteiger partial charge in [-0.2, -0.15) is 0 Å². The van der Waals surface area contributed by atoms with Crippen LogP contribution in [0, 0.1) is 5.82 Å². The van der Waals surface area contributed by atoms with Gasteiger partial charge in [0.2, 0.25) is 5.91 Å². The highest BCUT2D eigenvalue weighted by Gasteiger charge is 2.07. The van der Waals surface area contributed by atoms with Gasteiger partial charge in [0.15, 0.2) is 0 Å². The number of benzene rings is 2. The maximum absolute atomic E-state index is 13.1. The molecule has 0 aliphatic rings. The van der Waals surface area contributed by atoms with E-state index in [0.717, 1.165) is 10.9 Å². The summed E-state index contributed by atoms with van der Waals surface area (Å²) in [5.41, 5.74) is 1.60. The minimum Gasteiger partial charge on any atom is -0.352 e. The third-order valence-corrected chi connectivity index (χ3v) is 3.56. The Morgan fingerprint density at radius 1 is 1.09 bits per heavy atom. The van der Waals surface area contributed by atoms with Crippen molar-refractivity contribution >= 4 is 16.8 Å². The maximum atomic E-state index is 13.1. The van der Waals surface area contributed by atoms with Crippen molar-refractivity contribution in [3.8, 4) is 0 Å². The van der Waals surface area contributed by atoms with E-state index in [9.17, 15) is 14.0 Å². The normalized spacial score (nSPS) is 10.7. The number of amides is 1. The van der Waals surface area contributed by atoms with Crippen LogP contribution in [0.3, 0.4) is 0 Å². The number of hydrogen-bond acceptors (Lipinski definition) is 2. The minimum absolute atomic E-state index is 0.0727. The number of halogens is 1. The summed E-state index contributed by atoms with van der Waals surface area (Å²) in [7, 11) is 0. The van der Waals surface area contributed by atoms with Crippen molar-refractivity contribution in [1.29, 1.82) is 0 Å². The zero-order chi connectivity index (χ0) is 16.2. The number of H-pyrrole nitrogens is 1. The van der Waals surface area contributed by atoms with Crippen LogP contribution in [-0.2, 0) is 17.8 Å². The highest BCUT2D eigenvalue weighted by Crippen LogP contribution is 2.10. The predicted molar refractivity (Wildman–Crippen MR) is 86.5 cm³/mol. The van der Waals surface area contributed by atoms with Crippen molar-refractivity contribution in [2.45, 2.75) is 13.0 Å². The molecule has 116 valence electrons. The van der Waals surface area contributed by atoms with Gasteiger partial charge in [-0.3, -0.25) is 9.59 Å². The lowest BCUT2D eigenvalue weighted by Gasteiger charge is -2.06. The fourth-order valence-corrected chi connectivity index (χ4v) is 2.41. The molecule has 0 unspecified atom stereocenters. The van der Waals surface area contributed by atoms with E-state index in [-0.39, 0.29) is 30.2 Å². The van der Waals surface area contributed by atoms with Gasteiger partial charge in [0.25, 0.3) is 5.56 Å². The monoisotopic (exact) mass is 310 g/mol. The molecule has 0 radical (unpaired) electrons. The molecular formula is C18H15FN2O2. The molecule has 2 aromatic carbocycles. The lowest BCUT2D eigenvalue weighted by atomic mass is 10.1. The van der Waals surface area contributed by atoms with Gasteiger partial charge in [-0.1, -0.05) is 30.3 Å².